The number of carboxylic acids is 1. The molecule has 0 aromatic rings. The van der Waals surface area contributed by atoms with Crippen molar-refractivity contribution < 1.29 is 24.2 Å². The van der Waals surface area contributed by atoms with Gasteiger partial charge in [0, 0.05) is 33.2 Å². The van der Waals surface area contributed by atoms with Gasteiger partial charge < -0.3 is 19.6 Å². The molecule has 7 nitrogen and oxygen atoms in total. The Kier molecular flexibility index (Phi) is 7.31. The molecule has 1 rings (SSSR count). The van der Waals surface area contributed by atoms with Crippen LogP contribution in [0, 0.1) is 0 Å². The van der Waals surface area contributed by atoms with Crippen LogP contribution in [0.15, 0.2) is 0 Å². The zero-order valence-corrected chi connectivity index (χ0v) is 13.6. The fraction of sp³-hybridized carbons (Fsp3) is 0.800. The SMILES string of the molecule is CCC(OC)C(=O)N1CCCC(N(CC(=O)O)C(C)=O)CC1. The van der Waals surface area contributed by atoms with Gasteiger partial charge in [0.2, 0.25) is 5.91 Å². The first-order valence-electron chi connectivity index (χ1n) is 7.71. The number of nitrogens with zero attached hydrogens (tertiary/aromatic N) is 2. The van der Waals surface area contributed by atoms with Gasteiger partial charge in [0.15, 0.2) is 0 Å². The van der Waals surface area contributed by atoms with E-state index in [-0.39, 0.29) is 24.4 Å². The van der Waals surface area contributed by atoms with Gasteiger partial charge in [-0.2, -0.15) is 0 Å². The van der Waals surface area contributed by atoms with Gasteiger partial charge >= 0.3 is 5.97 Å². The van der Waals surface area contributed by atoms with E-state index in [4.69, 9.17) is 9.84 Å². The molecule has 22 heavy (non-hydrogen) atoms. The average Bonchev–Trinajstić information content (AvgIpc) is 2.71. The van der Waals surface area contributed by atoms with Crippen molar-refractivity contribution in [2.24, 2.45) is 0 Å². The molecule has 126 valence electrons. The summed E-state index contributed by atoms with van der Waals surface area (Å²) in [6.07, 6.45) is 2.24. The summed E-state index contributed by atoms with van der Waals surface area (Å²) < 4.78 is 5.19. The molecule has 0 spiro atoms. The lowest BCUT2D eigenvalue weighted by Crippen LogP contribution is -2.44. The van der Waals surface area contributed by atoms with Crippen LogP contribution in [-0.2, 0) is 19.1 Å². The second-order valence-corrected chi connectivity index (χ2v) is 5.58. The van der Waals surface area contributed by atoms with Crippen LogP contribution in [0.25, 0.3) is 0 Å². The van der Waals surface area contributed by atoms with Crippen LogP contribution < -0.4 is 0 Å². The number of hydrogen-bond acceptors (Lipinski definition) is 4. The molecule has 7 heteroatoms. The Labute approximate surface area is 131 Å². The third-order valence-corrected chi connectivity index (χ3v) is 4.09. The predicted molar refractivity (Wildman–Crippen MR) is 80.3 cm³/mol. The number of carboxylic acid groups (broad SMARTS) is 1. The van der Waals surface area contributed by atoms with Gasteiger partial charge in [-0.05, 0) is 25.7 Å². The van der Waals surface area contributed by atoms with Crippen molar-refractivity contribution in [3.63, 3.8) is 0 Å². The largest absolute Gasteiger partial charge is 0.480 e. The molecule has 1 aliphatic rings. The minimum Gasteiger partial charge on any atom is -0.480 e. The number of likely N-dealkylation sites (tertiary alicyclic amines) is 1. The summed E-state index contributed by atoms with van der Waals surface area (Å²) >= 11 is 0. The Morgan fingerprint density at radius 2 is 2.00 bits per heavy atom. The molecule has 0 aromatic carbocycles. The molecule has 0 saturated carbocycles. The highest BCUT2D eigenvalue weighted by Gasteiger charge is 2.29. The summed E-state index contributed by atoms with van der Waals surface area (Å²) in [5, 5.41) is 8.94. The average molecular weight is 314 g/mol. The van der Waals surface area contributed by atoms with Crippen molar-refractivity contribution in [2.45, 2.75) is 51.7 Å². The van der Waals surface area contributed by atoms with Gasteiger partial charge in [-0.1, -0.05) is 6.92 Å². The fourth-order valence-electron chi connectivity index (χ4n) is 2.90. The summed E-state index contributed by atoms with van der Waals surface area (Å²) in [6, 6.07) is -0.131. The summed E-state index contributed by atoms with van der Waals surface area (Å²) in [5.74, 6) is -1.29. The maximum Gasteiger partial charge on any atom is 0.323 e. The highest BCUT2D eigenvalue weighted by molar-refractivity contribution is 5.81. The number of aliphatic carboxylic acids is 1. The molecule has 2 amide bonds. The summed E-state index contributed by atoms with van der Waals surface area (Å²) in [4.78, 5) is 38.1. The highest BCUT2D eigenvalue weighted by Crippen LogP contribution is 2.18. The van der Waals surface area contributed by atoms with Crippen LogP contribution >= 0.6 is 0 Å². The van der Waals surface area contributed by atoms with E-state index >= 15 is 0 Å². The Balaban J connectivity index is 2.69. The number of ether oxygens (including phenoxy) is 1. The molecule has 1 heterocycles. The maximum atomic E-state index is 12.3. The number of amides is 2. The van der Waals surface area contributed by atoms with E-state index in [0.717, 1.165) is 6.42 Å². The second-order valence-electron chi connectivity index (χ2n) is 5.58. The molecular formula is C15H26N2O5. The smallest absolute Gasteiger partial charge is 0.323 e. The minimum absolute atomic E-state index is 0.0294. The number of hydrogen-bond donors (Lipinski definition) is 1. The maximum absolute atomic E-state index is 12.3. The molecular weight excluding hydrogens is 288 g/mol. The summed E-state index contributed by atoms with van der Waals surface area (Å²) in [5.41, 5.74) is 0. The number of carbonyl (C=O) groups is 3. The fourth-order valence-corrected chi connectivity index (χ4v) is 2.90. The number of carbonyl (C=O) groups excluding carboxylic acids is 2. The first-order chi connectivity index (χ1) is 10.4. The second kappa shape index (κ2) is 8.73. The molecule has 1 saturated heterocycles. The van der Waals surface area contributed by atoms with Crippen molar-refractivity contribution >= 4 is 17.8 Å². The lowest BCUT2D eigenvalue weighted by Gasteiger charge is -2.29. The molecule has 0 bridgehead atoms. The Bertz CT molecular complexity index is 409. The van der Waals surface area contributed by atoms with E-state index < -0.39 is 12.1 Å². The van der Waals surface area contributed by atoms with Gasteiger partial charge in [-0.15, -0.1) is 0 Å². The van der Waals surface area contributed by atoms with E-state index in [1.165, 1.54) is 18.9 Å². The van der Waals surface area contributed by atoms with Crippen molar-refractivity contribution in [3.05, 3.63) is 0 Å². The van der Waals surface area contributed by atoms with E-state index in [9.17, 15) is 14.4 Å². The van der Waals surface area contributed by atoms with Crippen molar-refractivity contribution in [3.8, 4) is 0 Å². The van der Waals surface area contributed by atoms with Crippen molar-refractivity contribution in [1.82, 2.24) is 9.80 Å². The van der Waals surface area contributed by atoms with Crippen LogP contribution in [0.1, 0.15) is 39.5 Å². The van der Waals surface area contributed by atoms with Crippen LogP contribution in [0.4, 0.5) is 0 Å². The number of rotatable bonds is 6. The van der Waals surface area contributed by atoms with Crippen molar-refractivity contribution in [2.75, 3.05) is 26.7 Å². The van der Waals surface area contributed by atoms with E-state index in [1.54, 1.807) is 4.90 Å². The van der Waals surface area contributed by atoms with E-state index in [2.05, 4.69) is 0 Å². The quantitative estimate of drug-likeness (QED) is 0.781. The molecule has 1 N–H and O–H groups in total. The Morgan fingerprint density at radius 3 is 2.50 bits per heavy atom. The lowest BCUT2D eigenvalue weighted by atomic mass is 10.1. The van der Waals surface area contributed by atoms with E-state index in [0.29, 0.717) is 32.4 Å². The summed E-state index contributed by atoms with van der Waals surface area (Å²) in [6.45, 7) is 4.14. The third-order valence-electron chi connectivity index (χ3n) is 4.09. The standard InChI is InChI=1S/C15H26N2O5/c1-4-13(22-3)15(21)16-8-5-6-12(7-9-16)17(11(2)18)10-14(19)20/h12-13H,4-10H2,1-3H3,(H,19,20). The van der Waals surface area contributed by atoms with Crippen LogP contribution in [-0.4, -0.2) is 71.6 Å². The summed E-state index contributed by atoms with van der Waals surface area (Å²) in [7, 11) is 1.52. The van der Waals surface area contributed by atoms with Crippen LogP contribution in [0.3, 0.4) is 0 Å². The minimum atomic E-state index is -1.02. The Hall–Kier alpha value is -1.63. The molecule has 1 aliphatic heterocycles. The monoisotopic (exact) mass is 314 g/mol. The molecule has 2 unspecified atom stereocenters. The normalized spacial score (nSPS) is 20.1. The highest BCUT2D eigenvalue weighted by atomic mass is 16.5. The van der Waals surface area contributed by atoms with Gasteiger partial charge in [0.25, 0.3) is 5.91 Å². The Morgan fingerprint density at radius 1 is 1.32 bits per heavy atom. The third kappa shape index (κ3) is 4.98. The van der Waals surface area contributed by atoms with E-state index in [1.807, 2.05) is 6.92 Å². The lowest BCUT2D eigenvalue weighted by molar-refractivity contribution is -0.145. The number of methoxy groups -OCH3 is 1. The first kappa shape index (κ1) is 18.4. The van der Waals surface area contributed by atoms with Gasteiger partial charge in [-0.3, -0.25) is 14.4 Å². The predicted octanol–water partition coefficient (Wildman–Crippen LogP) is 0.726. The van der Waals surface area contributed by atoms with Crippen LogP contribution in [0.2, 0.25) is 0 Å². The molecule has 0 aliphatic carbocycles. The topological polar surface area (TPSA) is 87.2 Å². The molecule has 0 aromatic heterocycles. The van der Waals surface area contributed by atoms with Crippen LogP contribution in [0.5, 0.6) is 0 Å². The molecule has 1 fully saturated rings. The molecule has 2 atom stereocenters. The zero-order valence-electron chi connectivity index (χ0n) is 13.6. The zero-order chi connectivity index (χ0) is 16.7. The van der Waals surface area contributed by atoms with Gasteiger partial charge in [-0.25, -0.2) is 0 Å². The van der Waals surface area contributed by atoms with Gasteiger partial charge in [0.05, 0.1) is 0 Å². The van der Waals surface area contributed by atoms with Gasteiger partial charge in [0.1, 0.15) is 12.6 Å². The molecule has 0 radical (unpaired) electrons. The van der Waals surface area contributed by atoms with Crippen molar-refractivity contribution in [1.29, 1.82) is 0 Å². The first-order valence-corrected chi connectivity index (χ1v) is 7.71.